The van der Waals surface area contributed by atoms with Gasteiger partial charge in [-0.05, 0) is 48.1 Å². The van der Waals surface area contributed by atoms with Crippen molar-refractivity contribution in [3.63, 3.8) is 0 Å². The molecule has 0 saturated carbocycles. The van der Waals surface area contributed by atoms with Crippen molar-refractivity contribution in [2.45, 2.75) is 26.7 Å². The van der Waals surface area contributed by atoms with Gasteiger partial charge in [-0.1, -0.05) is 37.6 Å². The molecule has 22 heavy (non-hydrogen) atoms. The van der Waals surface area contributed by atoms with Crippen molar-refractivity contribution < 1.29 is 9.52 Å². The third-order valence-electron chi connectivity index (χ3n) is 3.92. The molecular weight excluding hydrogens is 276 g/mol. The van der Waals surface area contributed by atoms with Gasteiger partial charge in [-0.15, -0.1) is 0 Å². The van der Waals surface area contributed by atoms with Gasteiger partial charge in [0, 0.05) is 5.56 Å². The molecule has 0 aliphatic carbocycles. The van der Waals surface area contributed by atoms with Crippen molar-refractivity contribution in [2.75, 3.05) is 0 Å². The van der Waals surface area contributed by atoms with Crippen LogP contribution >= 0.6 is 0 Å². The summed E-state index contributed by atoms with van der Waals surface area (Å²) in [6.45, 7) is 4.21. The summed E-state index contributed by atoms with van der Waals surface area (Å²) in [4.78, 5) is 12.2. The van der Waals surface area contributed by atoms with E-state index in [1.165, 1.54) is 17.2 Å². The van der Waals surface area contributed by atoms with E-state index in [1.54, 1.807) is 12.1 Å². The Kier molecular flexibility index (Phi) is 3.72. The molecule has 1 heterocycles. The largest absolute Gasteiger partial charge is 0.508 e. The predicted octanol–water partition coefficient (Wildman–Crippen LogP) is 4.43. The normalized spacial score (nSPS) is 11.0. The minimum absolute atomic E-state index is 0.0646. The first-order chi connectivity index (χ1) is 10.6. The Hall–Kier alpha value is -2.55. The lowest BCUT2D eigenvalue weighted by Gasteiger charge is -2.11. The third-order valence-corrected chi connectivity index (χ3v) is 3.92. The van der Waals surface area contributed by atoms with E-state index >= 15 is 0 Å². The molecule has 0 fully saturated rings. The molecule has 0 saturated heterocycles. The fourth-order valence-corrected chi connectivity index (χ4v) is 2.82. The molecule has 3 heteroatoms. The van der Waals surface area contributed by atoms with Gasteiger partial charge in [-0.25, -0.2) is 4.79 Å². The second-order valence-corrected chi connectivity index (χ2v) is 5.52. The Balaban J connectivity index is 2.25. The van der Waals surface area contributed by atoms with Crippen LogP contribution in [0.2, 0.25) is 0 Å². The van der Waals surface area contributed by atoms with Crippen LogP contribution in [-0.2, 0) is 6.42 Å². The van der Waals surface area contributed by atoms with Crippen LogP contribution in [-0.4, -0.2) is 5.11 Å². The fraction of sp³-hybridized carbons (Fsp3) is 0.211. The van der Waals surface area contributed by atoms with Crippen LogP contribution in [0.4, 0.5) is 0 Å². The standard InChI is InChI=1S/C19H18O3/c1-3-5-15-12(2)6-4-7-16(15)18-10-13-8-9-14(20)11-17(13)19(21)22-18/h4,6-11,20H,3,5H2,1-2H3. The molecule has 0 bridgehead atoms. The van der Waals surface area contributed by atoms with Crippen LogP contribution in [0.1, 0.15) is 24.5 Å². The van der Waals surface area contributed by atoms with Crippen molar-refractivity contribution in [3.8, 4) is 17.1 Å². The third kappa shape index (κ3) is 2.50. The van der Waals surface area contributed by atoms with Gasteiger partial charge in [0.25, 0.3) is 0 Å². The number of aryl methyl sites for hydroxylation is 1. The molecule has 0 unspecified atom stereocenters. The lowest BCUT2D eigenvalue weighted by molar-refractivity contribution is 0.475. The van der Waals surface area contributed by atoms with Crippen molar-refractivity contribution in [2.24, 2.45) is 0 Å². The monoisotopic (exact) mass is 294 g/mol. The van der Waals surface area contributed by atoms with Crippen LogP contribution in [0.15, 0.2) is 51.7 Å². The summed E-state index contributed by atoms with van der Waals surface area (Å²) in [6.07, 6.45) is 1.98. The van der Waals surface area contributed by atoms with Gasteiger partial charge < -0.3 is 9.52 Å². The summed E-state index contributed by atoms with van der Waals surface area (Å²) >= 11 is 0. The Morgan fingerprint density at radius 3 is 2.73 bits per heavy atom. The molecule has 2 aromatic carbocycles. The maximum atomic E-state index is 12.2. The van der Waals surface area contributed by atoms with E-state index in [0.29, 0.717) is 11.1 Å². The number of phenols is 1. The molecule has 0 amide bonds. The first-order valence-electron chi connectivity index (χ1n) is 7.46. The number of aromatic hydroxyl groups is 1. The van der Waals surface area contributed by atoms with Crippen LogP contribution < -0.4 is 5.63 Å². The van der Waals surface area contributed by atoms with Gasteiger partial charge in [0.05, 0.1) is 5.39 Å². The quantitative estimate of drug-likeness (QED) is 0.777. The van der Waals surface area contributed by atoms with E-state index in [0.717, 1.165) is 23.8 Å². The van der Waals surface area contributed by atoms with E-state index in [2.05, 4.69) is 19.9 Å². The number of fused-ring (bicyclic) bond motifs is 1. The molecule has 0 aliphatic rings. The zero-order valence-corrected chi connectivity index (χ0v) is 12.7. The first-order valence-corrected chi connectivity index (χ1v) is 7.46. The number of hydrogen-bond donors (Lipinski definition) is 1. The van der Waals surface area contributed by atoms with Crippen LogP contribution in [0.25, 0.3) is 22.1 Å². The van der Waals surface area contributed by atoms with Crippen LogP contribution in [0, 0.1) is 6.92 Å². The van der Waals surface area contributed by atoms with Gasteiger partial charge in [0.1, 0.15) is 11.5 Å². The summed E-state index contributed by atoms with van der Waals surface area (Å²) < 4.78 is 5.51. The van der Waals surface area contributed by atoms with Crippen LogP contribution in [0.3, 0.4) is 0 Å². The minimum atomic E-state index is -0.424. The highest BCUT2D eigenvalue weighted by molar-refractivity contribution is 5.85. The van der Waals surface area contributed by atoms with Gasteiger partial charge >= 0.3 is 5.63 Å². The molecule has 0 aliphatic heterocycles. The molecule has 112 valence electrons. The van der Waals surface area contributed by atoms with Crippen molar-refractivity contribution >= 4 is 10.8 Å². The predicted molar refractivity (Wildman–Crippen MR) is 88.3 cm³/mol. The minimum Gasteiger partial charge on any atom is -0.508 e. The summed E-state index contributed by atoms with van der Waals surface area (Å²) in [7, 11) is 0. The molecule has 0 radical (unpaired) electrons. The zero-order chi connectivity index (χ0) is 15.7. The van der Waals surface area contributed by atoms with Gasteiger partial charge in [0.2, 0.25) is 0 Å². The summed E-state index contributed by atoms with van der Waals surface area (Å²) in [5.74, 6) is 0.644. The van der Waals surface area contributed by atoms with Gasteiger partial charge in [-0.2, -0.15) is 0 Å². The maximum Gasteiger partial charge on any atom is 0.344 e. The number of phenolic OH excluding ortho intramolecular Hbond substituents is 1. The molecule has 3 nitrogen and oxygen atoms in total. The average molecular weight is 294 g/mol. The van der Waals surface area contributed by atoms with E-state index in [1.807, 2.05) is 18.2 Å². The highest BCUT2D eigenvalue weighted by Gasteiger charge is 2.12. The van der Waals surface area contributed by atoms with E-state index < -0.39 is 5.63 Å². The van der Waals surface area contributed by atoms with E-state index in [-0.39, 0.29) is 5.75 Å². The Labute approximate surface area is 128 Å². The molecule has 1 N–H and O–H groups in total. The van der Waals surface area contributed by atoms with Crippen molar-refractivity contribution in [1.82, 2.24) is 0 Å². The molecule has 0 atom stereocenters. The fourth-order valence-electron chi connectivity index (χ4n) is 2.82. The highest BCUT2D eigenvalue weighted by Crippen LogP contribution is 2.29. The number of rotatable bonds is 3. The van der Waals surface area contributed by atoms with Gasteiger partial charge in [0.15, 0.2) is 0 Å². The van der Waals surface area contributed by atoms with Crippen molar-refractivity contribution in [1.29, 1.82) is 0 Å². The Bertz CT molecular complexity index is 891. The SMILES string of the molecule is CCCc1c(C)cccc1-c1cc2ccc(O)cc2c(=O)o1. The zero-order valence-electron chi connectivity index (χ0n) is 12.7. The Morgan fingerprint density at radius 1 is 1.14 bits per heavy atom. The molecule has 1 aromatic heterocycles. The lowest BCUT2D eigenvalue weighted by Crippen LogP contribution is -2.02. The average Bonchev–Trinajstić information content (AvgIpc) is 2.50. The lowest BCUT2D eigenvalue weighted by atomic mass is 9.96. The first kappa shape index (κ1) is 14.4. The maximum absolute atomic E-state index is 12.2. The molecule has 3 aromatic rings. The number of hydrogen-bond acceptors (Lipinski definition) is 3. The molecule has 0 spiro atoms. The van der Waals surface area contributed by atoms with Crippen LogP contribution in [0.5, 0.6) is 5.75 Å². The summed E-state index contributed by atoms with van der Waals surface area (Å²) in [6, 6.07) is 12.7. The second kappa shape index (κ2) is 5.68. The van der Waals surface area contributed by atoms with Gasteiger partial charge in [-0.3, -0.25) is 0 Å². The van der Waals surface area contributed by atoms with E-state index in [9.17, 15) is 9.90 Å². The number of benzene rings is 2. The summed E-state index contributed by atoms with van der Waals surface area (Å²) in [5, 5.41) is 10.7. The second-order valence-electron chi connectivity index (χ2n) is 5.52. The van der Waals surface area contributed by atoms with E-state index in [4.69, 9.17) is 4.42 Å². The van der Waals surface area contributed by atoms with Crippen molar-refractivity contribution in [3.05, 3.63) is 64.0 Å². The smallest absolute Gasteiger partial charge is 0.344 e. The Morgan fingerprint density at radius 2 is 1.95 bits per heavy atom. The topological polar surface area (TPSA) is 50.4 Å². The molecule has 3 rings (SSSR count). The highest BCUT2D eigenvalue weighted by atomic mass is 16.4. The molecular formula is C19H18O3. The summed E-state index contributed by atoms with van der Waals surface area (Å²) in [5.41, 5.74) is 2.96.